The van der Waals surface area contributed by atoms with Crippen LogP contribution in [0.4, 0.5) is 5.69 Å². The molecule has 0 saturated carbocycles. The van der Waals surface area contributed by atoms with Crippen LogP contribution in [-0.4, -0.2) is 37.0 Å². The van der Waals surface area contributed by atoms with Gasteiger partial charge >= 0.3 is 0 Å². The standard InChI is InChI=1S/C26H35N3O2/c1-5-20-10-12-21(13-11-20)25(30)28-22-14-16-29(17-15-22)24-9-7-6-8-23(24)26(31)27-19(4)18(2)3/h6-13,18-19,22H,5,14-17H2,1-4H3,(H,27,31)(H,28,30). The first-order chi connectivity index (χ1) is 14.9. The van der Waals surface area contributed by atoms with Crippen molar-refractivity contribution in [1.29, 1.82) is 0 Å². The highest BCUT2D eigenvalue weighted by Crippen LogP contribution is 2.25. The molecule has 1 fully saturated rings. The number of nitrogens with zero attached hydrogens (tertiary/aromatic N) is 1. The molecule has 2 aromatic carbocycles. The van der Waals surface area contributed by atoms with Gasteiger partial charge in [0.15, 0.2) is 0 Å². The largest absolute Gasteiger partial charge is 0.371 e. The van der Waals surface area contributed by atoms with Gasteiger partial charge in [0.25, 0.3) is 11.8 Å². The highest BCUT2D eigenvalue weighted by Gasteiger charge is 2.24. The van der Waals surface area contributed by atoms with Crippen LogP contribution in [0.5, 0.6) is 0 Å². The van der Waals surface area contributed by atoms with E-state index in [1.807, 2.05) is 55.5 Å². The molecule has 1 aliphatic rings. The Morgan fingerprint density at radius 3 is 2.23 bits per heavy atom. The first kappa shape index (κ1) is 22.9. The molecule has 166 valence electrons. The lowest BCUT2D eigenvalue weighted by Gasteiger charge is -2.35. The zero-order valence-corrected chi connectivity index (χ0v) is 19.2. The number of piperidine rings is 1. The molecule has 5 nitrogen and oxygen atoms in total. The third-order valence-corrected chi connectivity index (χ3v) is 6.30. The number of hydrogen-bond donors (Lipinski definition) is 2. The van der Waals surface area contributed by atoms with Gasteiger partial charge in [-0.2, -0.15) is 0 Å². The summed E-state index contributed by atoms with van der Waals surface area (Å²) in [6.45, 7) is 9.97. The average molecular weight is 422 g/mol. The van der Waals surface area contributed by atoms with Crippen molar-refractivity contribution < 1.29 is 9.59 Å². The van der Waals surface area contributed by atoms with E-state index in [4.69, 9.17) is 0 Å². The third-order valence-electron chi connectivity index (χ3n) is 6.30. The molecule has 1 saturated heterocycles. The van der Waals surface area contributed by atoms with Crippen molar-refractivity contribution in [2.75, 3.05) is 18.0 Å². The maximum atomic E-state index is 12.8. The van der Waals surface area contributed by atoms with Crippen LogP contribution in [0.15, 0.2) is 48.5 Å². The molecule has 1 atom stereocenters. The summed E-state index contributed by atoms with van der Waals surface area (Å²) in [6.07, 6.45) is 2.69. The molecule has 3 rings (SSSR count). The fourth-order valence-corrected chi connectivity index (χ4v) is 3.82. The zero-order valence-electron chi connectivity index (χ0n) is 19.2. The number of amides is 2. The molecule has 1 aliphatic heterocycles. The van der Waals surface area contributed by atoms with E-state index < -0.39 is 0 Å². The molecule has 1 heterocycles. The lowest BCUT2D eigenvalue weighted by molar-refractivity contribution is 0.0925. The number of carbonyl (C=O) groups excluding carboxylic acids is 2. The van der Waals surface area contributed by atoms with Crippen LogP contribution in [0.1, 0.15) is 66.8 Å². The number of benzene rings is 2. The summed E-state index contributed by atoms with van der Waals surface area (Å²) >= 11 is 0. The number of hydrogen-bond acceptors (Lipinski definition) is 3. The predicted octanol–water partition coefficient (Wildman–Crippen LogP) is 4.42. The molecular weight excluding hydrogens is 386 g/mol. The van der Waals surface area contributed by atoms with E-state index in [9.17, 15) is 9.59 Å². The molecule has 0 bridgehead atoms. The van der Waals surface area contributed by atoms with Crippen molar-refractivity contribution in [3.8, 4) is 0 Å². The van der Waals surface area contributed by atoms with Gasteiger partial charge in [0.2, 0.25) is 0 Å². The number of aryl methyl sites for hydroxylation is 1. The van der Waals surface area contributed by atoms with Gasteiger partial charge in [-0.25, -0.2) is 0 Å². The molecule has 5 heteroatoms. The van der Waals surface area contributed by atoms with Crippen molar-refractivity contribution >= 4 is 17.5 Å². The van der Waals surface area contributed by atoms with Gasteiger partial charge in [0.1, 0.15) is 0 Å². The van der Waals surface area contributed by atoms with E-state index in [1.54, 1.807) is 0 Å². The Labute approximate surface area is 186 Å². The molecule has 2 N–H and O–H groups in total. The van der Waals surface area contributed by atoms with Crippen LogP contribution in [0.2, 0.25) is 0 Å². The van der Waals surface area contributed by atoms with Crippen molar-refractivity contribution in [2.45, 2.75) is 59.0 Å². The van der Waals surface area contributed by atoms with Gasteiger partial charge in [-0.1, -0.05) is 45.0 Å². The highest BCUT2D eigenvalue weighted by molar-refractivity contribution is 6.00. The second-order valence-electron chi connectivity index (χ2n) is 8.81. The summed E-state index contributed by atoms with van der Waals surface area (Å²) in [5.74, 6) is 0.347. The van der Waals surface area contributed by atoms with Gasteiger partial charge in [-0.15, -0.1) is 0 Å². The molecule has 0 aliphatic carbocycles. The molecule has 1 unspecified atom stereocenters. The van der Waals surface area contributed by atoms with E-state index in [0.717, 1.165) is 38.0 Å². The van der Waals surface area contributed by atoms with Crippen molar-refractivity contribution in [2.24, 2.45) is 5.92 Å². The lowest BCUT2D eigenvalue weighted by atomic mass is 10.0. The third kappa shape index (κ3) is 5.87. The Balaban J connectivity index is 1.59. The van der Waals surface area contributed by atoms with Gasteiger partial charge in [-0.05, 0) is 61.9 Å². The summed E-state index contributed by atoms with van der Waals surface area (Å²) in [6, 6.07) is 15.9. The summed E-state index contributed by atoms with van der Waals surface area (Å²) in [4.78, 5) is 27.7. The summed E-state index contributed by atoms with van der Waals surface area (Å²) in [5, 5.41) is 6.29. The van der Waals surface area contributed by atoms with E-state index in [0.29, 0.717) is 17.0 Å². The number of anilines is 1. The minimum atomic E-state index is -0.0252. The topological polar surface area (TPSA) is 61.4 Å². The first-order valence-corrected chi connectivity index (χ1v) is 11.4. The Morgan fingerprint density at radius 2 is 1.61 bits per heavy atom. The number of carbonyl (C=O) groups is 2. The van der Waals surface area contributed by atoms with Gasteiger partial charge < -0.3 is 15.5 Å². The molecule has 0 spiro atoms. The summed E-state index contributed by atoms with van der Waals surface area (Å²) < 4.78 is 0. The molecule has 0 radical (unpaired) electrons. The normalized spacial score (nSPS) is 15.6. The highest BCUT2D eigenvalue weighted by atomic mass is 16.2. The quantitative estimate of drug-likeness (QED) is 0.696. The second-order valence-corrected chi connectivity index (χ2v) is 8.81. The summed E-state index contributed by atoms with van der Waals surface area (Å²) in [7, 11) is 0. The van der Waals surface area contributed by atoms with E-state index >= 15 is 0 Å². The fourth-order valence-electron chi connectivity index (χ4n) is 3.82. The molecule has 2 amide bonds. The second kappa shape index (κ2) is 10.5. The minimum absolute atomic E-state index is 0.0106. The van der Waals surface area contributed by atoms with E-state index in [1.165, 1.54) is 5.56 Å². The fraction of sp³-hybridized carbons (Fsp3) is 0.462. The van der Waals surface area contributed by atoms with Crippen LogP contribution in [-0.2, 0) is 6.42 Å². The first-order valence-electron chi connectivity index (χ1n) is 11.4. The maximum Gasteiger partial charge on any atom is 0.253 e. The Bertz CT molecular complexity index is 884. The van der Waals surface area contributed by atoms with Gasteiger partial charge in [-0.3, -0.25) is 9.59 Å². The van der Waals surface area contributed by atoms with Crippen LogP contribution in [0.25, 0.3) is 0 Å². The number of nitrogens with one attached hydrogen (secondary N) is 2. The lowest BCUT2D eigenvalue weighted by Crippen LogP contribution is -2.45. The Kier molecular flexibility index (Phi) is 7.72. The maximum absolute atomic E-state index is 12.8. The van der Waals surface area contributed by atoms with Gasteiger partial charge in [0, 0.05) is 36.4 Å². The average Bonchev–Trinajstić information content (AvgIpc) is 2.79. The Morgan fingerprint density at radius 1 is 0.968 bits per heavy atom. The van der Waals surface area contributed by atoms with Crippen LogP contribution < -0.4 is 15.5 Å². The van der Waals surface area contributed by atoms with Crippen molar-refractivity contribution in [1.82, 2.24) is 10.6 Å². The predicted molar refractivity (Wildman–Crippen MR) is 127 cm³/mol. The summed E-state index contributed by atoms with van der Waals surface area (Å²) in [5.41, 5.74) is 3.63. The zero-order chi connectivity index (χ0) is 22.4. The molecule has 2 aromatic rings. The van der Waals surface area contributed by atoms with Crippen LogP contribution in [0, 0.1) is 5.92 Å². The number of para-hydroxylation sites is 1. The number of rotatable bonds is 7. The van der Waals surface area contributed by atoms with Crippen LogP contribution in [0.3, 0.4) is 0 Å². The van der Waals surface area contributed by atoms with Gasteiger partial charge in [0.05, 0.1) is 5.56 Å². The minimum Gasteiger partial charge on any atom is -0.371 e. The monoisotopic (exact) mass is 421 g/mol. The van der Waals surface area contributed by atoms with E-state index in [2.05, 4.69) is 36.3 Å². The molecule has 0 aromatic heterocycles. The van der Waals surface area contributed by atoms with E-state index in [-0.39, 0.29) is 23.9 Å². The molecular formula is C26H35N3O2. The van der Waals surface area contributed by atoms with Crippen molar-refractivity contribution in [3.63, 3.8) is 0 Å². The van der Waals surface area contributed by atoms with Crippen molar-refractivity contribution in [3.05, 3.63) is 65.2 Å². The molecule has 31 heavy (non-hydrogen) atoms. The Hall–Kier alpha value is -2.82. The smallest absolute Gasteiger partial charge is 0.253 e. The van der Waals surface area contributed by atoms with Crippen LogP contribution >= 0.6 is 0 Å². The SMILES string of the molecule is CCc1ccc(C(=O)NC2CCN(c3ccccc3C(=O)NC(C)C(C)C)CC2)cc1.